The molecule has 0 saturated carbocycles. The Hall–Kier alpha value is -2.82. The molecule has 0 N–H and O–H groups in total. The van der Waals surface area contributed by atoms with E-state index in [1.54, 1.807) is 6.07 Å². The van der Waals surface area contributed by atoms with Crippen LogP contribution in [0.4, 0.5) is 17.6 Å². The number of carbonyl (C=O) groups excluding carboxylic acids is 1. The van der Waals surface area contributed by atoms with Crippen molar-refractivity contribution in [3.05, 3.63) is 47.3 Å². The van der Waals surface area contributed by atoms with Crippen molar-refractivity contribution in [3.63, 3.8) is 0 Å². The number of hydrogen-bond acceptors (Lipinski definition) is 4. The van der Waals surface area contributed by atoms with Crippen LogP contribution in [0.25, 0.3) is 11.1 Å². The van der Waals surface area contributed by atoms with Gasteiger partial charge in [-0.3, -0.25) is 4.79 Å². The van der Waals surface area contributed by atoms with Gasteiger partial charge in [-0.25, -0.2) is 14.4 Å². The highest BCUT2D eigenvalue weighted by Crippen LogP contribution is 2.29. The molecule has 0 aliphatic heterocycles. The Morgan fingerprint density at radius 2 is 1.81 bits per heavy atom. The normalized spacial score (nSPS) is 11.0. The van der Waals surface area contributed by atoms with Gasteiger partial charge in [-0.15, -0.1) is 0 Å². The van der Waals surface area contributed by atoms with Crippen molar-refractivity contribution in [3.8, 4) is 17.2 Å². The molecular formula is C13H5F4N3O. The Morgan fingerprint density at radius 3 is 2.29 bits per heavy atom. The first kappa shape index (κ1) is 14.6. The van der Waals surface area contributed by atoms with Crippen molar-refractivity contribution in [1.82, 2.24) is 9.97 Å². The first-order chi connectivity index (χ1) is 9.88. The average molecular weight is 295 g/mol. The zero-order valence-corrected chi connectivity index (χ0v) is 10.1. The molecule has 1 heterocycles. The van der Waals surface area contributed by atoms with Gasteiger partial charge in [-0.1, -0.05) is 6.07 Å². The molecule has 0 aliphatic rings. The molecule has 0 atom stereocenters. The van der Waals surface area contributed by atoms with E-state index in [0.717, 1.165) is 18.5 Å². The molecule has 8 heteroatoms. The summed E-state index contributed by atoms with van der Waals surface area (Å²) < 4.78 is 50.9. The van der Waals surface area contributed by atoms with Crippen molar-refractivity contribution in [2.45, 2.75) is 6.18 Å². The fourth-order valence-electron chi connectivity index (χ4n) is 1.66. The number of halogens is 4. The van der Waals surface area contributed by atoms with E-state index in [-0.39, 0.29) is 23.0 Å². The number of carbonyl (C=O) groups is 1. The highest BCUT2D eigenvalue weighted by molar-refractivity contribution is 5.88. The second-order valence-electron chi connectivity index (χ2n) is 3.91. The predicted molar refractivity (Wildman–Crippen MR) is 62.5 cm³/mol. The first-order valence-electron chi connectivity index (χ1n) is 5.46. The molecule has 0 saturated heterocycles. The molecule has 0 aliphatic carbocycles. The summed E-state index contributed by atoms with van der Waals surface area (Å²) in [6.45, 7) is 0. The Kier molecular flexibility index (Phi) is 3.67. The predicted octanol–water partition coefficient (Wildman–Crippen LogP) is 2.99. The molecule has 0 amide bonds. The molecule has 106 valence electrons. The molecule has 21 heavy (non-hydrogen) atoms. The highest BCUT2D eigenvalue weighted by Gasteiger charge is 2.34. The number of rotatable bonds is 2. The largest absolute Gasteiger partial charge is 0.451 e. The smallest absolute Gasteiger partial charge is 0.298 e. The van der Waals surface area contributed by atoms with Gasteiger partial charge in [0.2, 0.25) is 5.82 Å². The molecule has 0 fully saturated rings. The second-order valence-corrected chi connectivity index (χ2v) is 3.91. The van der Waals surface area contributed by atoms with Crippen LogP contribution in [0.15, 0.2) is 24.5 Å². The molecule has 4 nitrogen and oxygen atoms in total. The van der Waals surface area contributed by atoms with Gasteiger partial charge in [0.1, 0.15) is 6.07 Å². The van der Waals surface area contributed by atoms with E-state index in [1.165, 1.54) is 6.07 Å². The lowest BCUT2D eigenvalue weighted by atomic mass is 10.00. The number of aromatic nitrogens is 2. The van der Waals surface area contributed by atoms with Crippen LogP contribution in [0, 0.1) is 17.1 Å². The molecule has 0 unspecified atom stereocenters. The van der Waals surface area contributed by atoms with Crippen molar-refractivity contribution >= 4 is 6.29 Å². The van der Waals surface area contributed by atoms with E-state index in [0.29, 0.717) is 0 Å². The van der Waals surface area contributed by atoms with Crippen LogP contribution in [0.2, 0.25) is 0 Å². The first-order valence-corrected chi connectivity index (χ1v) is 5.46. The van der Waals surface area contributed by atoms with Gasteiger partial charge in [-0.05, 0) is 11.6 Å². The minimum atomic E-state index is -4.69. The average Bonchev–Trinajstić information content (AvgIpc) is 2.46. The van der Waals surface area contributed by atoms with Gasteiger partial charge in [0, 0.05) is 18.0 Å². The van der Waals surface area contributed by atoms with Gasteiger partial charge < -0.3 is 0 Å². The van der Waals surface area contributed by atoms with Crippen LogP contribution in [-0.4, -0.2) is 16.3 Å². The summed E-state index contributed by atoms with van der Waals surface area (Å²) in [6, 6.07) is 3.93. The number of benzene rings is 1. The van der Waals surface area contributed by atoms with E-state index >= 15 is 0 Å². The van der Waals surface area contributed by atoms with Gasteiger partial charge >= 0.3 is 6.18 Å². The molecule has 1 aromatic heterocycles. The lowest BCUT2D eigenvalue weighted by molar-refractivity contribution is -0.144. The number of aldehydes is 1. The van der Waals surface area contributed by atoms with Gasteiger partial charge in [0.05, 0.1) is 11.1 Å². The highest BCUT2D eigenvalue weighted by atomic mass is 19.4. The van der Waals surface area contributed by atoms with E-state index in [4.69, 9.17) is 5.26 Å². The third kappa shape index (κ3) is 2.72. The fourth-order valence-corrected chi connectivity index (χ4v) is 1.66. The van der Waals surface area contributed by atoms with E-state index in [2.05, 4.69) is 9.97 Å². The summed E-state index contributed by atoms with van der Waals surface area (Å²) in [4.78, 5) is 17.2. The summed E-state index contributed by atoms with van der Waals surface area (Å²) in [7, 11) is 0. The van der Waals surface area contributed by atoms with Crippen molar-refractivity contribution < 1.29 is 22.4 Å². The summed E-state index contributed by atoms with van der Waals surface area (Å²) in [6.07, 6.45) is -2.83. The Labute approximate surface area is 115 Å². The third-order valence-electron chi connectivity index (χ3n) is 2.63. The maximum Gasteiger partial charge on any atom is 0.451 e. The summed E-state index contributed by atoms with van der Waals surface area (Å²) in [5.41, 5.74) is -0.727. The summed E-state index contributed by atoms with van der Waals surface area (Å²) in [5, 5.41) is 8.67. The maximum absolute atomic E-state index is 13.8. The number of alkyl halides is 3. The zero-order valence-electron chi connectivity index (χ0n) is 10.1. The Balaban J connectivity index is 2.55. The molecule has 2 aromatic rings. The minimum absolute atomic E-state index is 0.00947. The van der Waals surface area contributed by atoms with Crippen LogP contribution in [0.1, 0.15) is 21.7 Å². The van der Waals surface area contributed by atoms with Gasteiger partial charge in [-0.2, -0.15) is 18.4 Å². The zero-order chi connectivity index (χ0) is 15.6. The topological polar surface area (TPSA) is 66.6 Å². The summed E-state index contributed by atoms with van der Waals surface area (Å²) >= 11 is 0. The quantitative estimate of drug-likeness (QED) is 0.631. The van der Waals surface area contributed by atoms with E-state index < -0.39 is 23.4 Å². The fraction of sp³-hybridized carbons (Fsp3) is 0.0769. The van der Waals surface area contributed by atoms with Crippen molar-refractivity contribution in [1.29, 1.82) is 5.26 Å². The Morgan fingerprint density at radius 1 is 1.19 bits per heavy atom. The van der Waals surface area contributed by atoms with Gasteiger partial charge in [0.15, 0.2) is 12.1 Å². The standard InChI is InChI=1S/C13H5F4N3O/c14-11-7(3-18)1-2-9(10(11)6-21)8-4-19-12(20-5-8)13(15,16)17/h1-2,4-6H. The van der Waals surface area contributed by atoms with Crippen molar-refractivity contribution in [2.24, 2.45) is 0 Å². The van der Waals surface area contributed by atoms with Crippen LogP contribution in [0.5, 0.6) is 0 Å². The molecule has 0 bridgehead atoms. The second kappa shape index (κ2) is 5.28. The maximum atomic E-state index is 13.8. The van der Waals surface area contributed by atoms with E-state index in [1.807, 2.05) is 0 Å². The van der Waals surface area contributed by atoms with Crippen molar-refractivity contribution in [2.75, 3.05) is 0 Å². The van der Waals surface area contributed by atoms with Crippen LogP contribution in [-0.2, 0) is 6.18 Å². The van der Waals surface area contributed by atoms with Gasteiger partial charge in [0.25, 0.3) is 0 Å². The molecule has 0 radical (unpaired) electrons. The van der Waals surface area contributed by atoms with Crippen LogP contribution in [0.3, 0.4) is 0 Å². The van der Waals surface area contributed by atoms with Crippen LogP contribution < -0.4 is 0 Å². The number of nitrogens with zero attached hydrogens (tertiary/aromatic N) is 3. The lowest BCUT2D eigenvalue weighted by Crippen LogP contribution is -2.10. The molecule has 0 spiro atoms. The molecular weight excluding hydrogens is 290 g/mol. The molecule has 2 rings (SSSR count). The molecule has 1 aromatic carbocycles. The third-order valence-corrected chi connectivity index (χ3v) is 2.63. The lowest BCUT2D eigenvalue weighted by Gasteiger charge is -2.08. The Bertz CT molecular complexity index is 733. The monoisotopic (exact) mass is 295 g/mol. The SMILES string of the molecule is N#Cc1ccc(-c2cnc(C(F)(F)F)nc2)c(C=O)c1F. The summed E-state index contributed by atoms with van der Waals surface area (Å²) in [5.74, 6) is -2.38. The number of hydrogen-bond donors (Lipinski definition) is 0. The minimum Gasteiger partial charge on any atom is -0.298 e. The van der Waals surface area contributed by atoms with Crippen LogP contribution >= 0.6 is 0 Å². The number of nitriles is 1. The van der Waals surface area contributed by atoms with E-state index in [9.17, 15) is 22.4 Å².